The Hall–Kier alpha value is -3.39. The number of hydrogen-bond acceptors (Lipinski definition) is 17. The Bertz CT molecular complexity index is 1960. The summed E-state index contributed by atoms with van der Waals surface area (Å²) >= 11 is 0. The number of nitrogen functional groups attached to an aromatic ring is 1. The molecule has 10 atom stereocenters. The van der Waals surface area contributed by atoms with Crippen molar-refractivity contribution in [2.24, 2.45) is 17.8 Å². The number of aromatic nitrogens is 2. The summed E-state index contributed by atoms with van der Waals surface area (Å²) in [7, 11) is -11.2. The smallest absolute Gasteiger partial charge is 0.462 e. The van der Waals surface area contributed by atoms with Gasteiger partial charge in [-0.05, 0) is 50.2 Å². The van der Waals surface area contributed by atoms with Crippen LogP contribution >= 0.6 is 15.6 Å². The number of hydrogen-bond donors (Lipinski definition) is 6. The molecule has 0 radical (unpaired) electrons. The van der Waals surface area contributed by atoms with Crippen LogP contribution in [0.4, 0.5) is 5.82 Å². The Morgan fingerprint density at radius 3 is 2.23 bits per heavy atom. The number of anilines is 1. The molecule has 0 spiro atoms. The molecule has 3 rings (SSSR count). The summed E-state index contributed by atoms with van der Waals surface area (Å²) in [6.45, 7) is 3.79. The van der Waals surface area contributed by atoms with Gasteiger partial charge in [0.25, 0.3) is 0 Å². The highest BCUT2D eigenvalue weighted by Crippen LogP contribution is 2.60. The zero-order valence-corrected chi connectivity index (χ0v) is 42.2. The Kier molecular flexibility index (Phi) is 27.7. The van der Waals surface area contributed by atoms with Gasteiger partial charge in [0, 0.05) is 25.0 Å². The first-order chi connectivity index (χ1) is 32.8. The van der Waals surface area contributed by atoms with Crippen LogP contribution in [0, 0.1) is 17.8 Å². The highest BCUT2D eigenvalue weighted by Gasteiger charge is 2.42. The third-order valence-electron chi connectivity index (χ3n) is 11.6. The van der Waals surface area contributed by atoms with Gasteiger partial charge in [-0.2, -0.15) is 9.29 Å². The summed E-state index contributed by atoms with van der Waals surface area (Å²) in [6.07, 6.45) is 13.7. The van der Waals surface area contributed by atoms with E-state index in [0.717, 1.165) is 55.6 Å². The number of aliphatic hydroxyl groups excluding tert-OH is 3. The lowest BCUT2D eigenvalue weighted by Crippen LogP contribution is -2.49. The molecule has 20 nitrogen and oxygen atoms in total. The standard InChI is InChI=1S/C47H77N3O17P2/c1-4-5-15-22-36(51)26-27-38-39(52)28-25-35-21-17-13-14-18-23-42(53)62-31-37(65-43(54)24-19-12-10-8-6-7-9-11-16-20-34(2)3)32-63-68(58,59)67-69(60,61)64-33-40(45(56)44(38)55)66-46(35)50-30-29-41(48)49-47(50)57/h13,17,25-30,34-38,40,44-46,51,55-56H,4-12,14-16,18-24,31-33H2,1-3H3,(H,58,59)(H,60,61)(H2,48,49,57)/b17-13-,27-26?,28-25-/t35-,36-,37+,38-,40+,44-,45+,46+/m0/s1. The van der Waals surface area contributed by atoms with Gasteiger partial charge in [-0.15, -0.1) is 0 Å². The van der Waals surface area contributed by atoms with Gasteiger partial charge < -0.3 is 45.1 Å². The summed E-state index contributed by atoms with van der Waals surface area (Å²) in [5.74, 6) is -3.96. The van der Waals surface area contributed by atoms with E-state index in [9.17, 15) is 53.4 Å². The number of esters is 2. The summed E-state index contributed by atoms with van der Waals surface area (Å²) in [6, 6.07) is 1.28. The van der Waals surface area contributed by atoms with Crippen molar-refractivity contribution >= 4 is 39.2 Å². The fourth-order valence-corrected chi connectivity index (χ4v) is 9.81. The van der Waals surface area contributed by atoms with Crippen molar-refractivity contribution in [3.8, 4) is 0 Å². The minimum absolute atomic E-state index is 0.00984. The van der Waals surface area contributed by atoms with Gasteiger partial charge in [0.2, 0.25) is 0 Å². The van der Waals surface area contributed by atoms with E-state index in [2.05, 4.69) is 23.1 Å². The molecule has 0 saturated carbocycles. The van der Waals surface area contributed by atoms with Gasteiger partial charge in [0.05, 0.1) is 31.3 Å². The van der Waals surface area contributed by atoms with E-state index in [1.165, 1.54) is 56.2 Å². The van der Waals surface area contributed by atoms with Crippen LogP contribution in [0.15, 0.2) is 53.5 Å². The van der Waals surface area contributed by atoms with Crippen LogP contribution in [0.5, 0.6) is 0 Å². The quantitative estimate of drug-likeness (QED) is 0.0329. The molecule has 2 aliphatic heterocycles. The zero-order chi connectivity index (χ0) is 50.8. The molecule has 1 aromatic heterocycles. The van der Waals surface area contributed by atoms with Crippen LogP contribution in [-0.4, -0.2) is 103 Å². The molecule has 3 heterocycles. The number of nitrogens with two attached hydrogens (primary N) is 1. The molecule has 0 aromatic carbocycles. The van der Waals surface area contributed by atoms with Crippen LogP contribution in [0.1, 0.15) is 149 Å². The largest absolute Gasteiger partial charge is 0.481 e. The summed E-state index contributed by atoms with van der Waals surface area (Å²) in [5, 5.41) is 33.8. The third kappa shape index (κ3) is 24.1. The number of ether oxygens (including phenoxy) is 3. The number of phosphoric acid groups is 2. The number of nitrogens with zero attached hydrogens (tertiary/aromatic N) is 2. The normalized spacial score (nSPS) is 29.8. The Balaban J connectivity index is 1.85. The lowest BCUT2D eigenvalue weighted by atomic mass is 9.88. The van der Waals surface area contributed by atoms with Gasteiger partial charge in [0.1, 0.15) is 30.9 Å². The average Bonchev–Trinajstić information content (AvgIpc) is 3.28. The van der Waals surface area contributed by atoms with Crippen LogP contribution < -0.4 is 11.4 Å². The van der Waals surface area contributed by atoms with Crippen molar-refractivity contribution in [2.75, 3.05) is 25.6 Å². The molecule has 1 aromatic rings. The third-order valence-corrected chi connectivity index (χ3v) is 14.2. The van der Waals surface area contributed by atoms with E-state index in [1.54, 1.807) is 12.2 Å². The zero-order valence-electron chi connectivity index (χ0n) is 40.4. The van der Waals surface area contributed by atoms with Crippen molar-refractivity contribution in [1.82, 2.24) is 9.55 Å². The fourth-order valence-electron chi connectivity index (χ4n) is 7.70. The van der Waals surface area contributed by atoms with Crippen molar-refractivity contribution in [2.45, 2.75) is 180 Å². The second-order valence-corrected chi connectivity index (χ2v) is 21.2. The van der Waals surface area contributed by atoms with Crippen LogP contribution in [0.2, 0.25) is 0 Å². The Morgan fingerprint density at radius 1 is 0.913 bits per heavy atom. The van der Waals surface area contributed by atoms with Crippen LogP contribution in [-0.2, 0) is 51.1 Å². The summed E-state index contributed by atoms with van der Waals surface area (Å²) in [4.78, 5) is 77.8. The van der Waals surface area contributed by atoms with Gasteiger partial charge in [-0.3, -0.25) is 28.0 Å². The van der Waals surface area contributed by atoms with Crippen LogP contribution in [0.25, 0.3) is 0 Å². The number of unbranched alkanes of at least 4 members (excludes halogenated alkanes) is 10. The summed E-state index contributed by atoms with van der Waals surface area (Å²) in [5.41, 5.74) is 4.83. The molecule has 22 heteroatoms. The molecule has 2 bridgehead atoms. The predicted octanol–water partition coefficient (Wildman–Crippen LogP) is 7.08. The molecule has 392 valence electrons. The average molecular weight is 1020 g/mol. The number of phosphoric ester groups is 2. The van der Waals surface area contributed by atoms with E-state index in [0.29, 0.717) is 38.0 Å². The van der Waals surface area contributed by atoms with Gasteiger partial charge in [0.15, 0.2) is 11.9 Å². The summed E-state index contributed by atoms with van der Waals surface area (Å²) < 4.78 is 59.0. The van der Waals surface area contributed by atoms with E-state index >= 15 is 0 Å². The lowest BCUT2D eigenvalue weighted by Gasteiger charge is -2.36. The minimum Gasteiger partial charge on any atom is -0.462 e. The molecule has 0 aliphatic carbocycles. The van der Waals surface area contributed by atoms with Gasteiger partial charge in [-0.25, -0.2) is 13.9 Å². The number of carbonyl (C=O) groups is 3. The van der Waals surface area contributed by atoms with Gasteiger partial charge in [-0.1, -0.05) is 128 Å². The maximum atomic E-state index is 13.8. The maximum absolute atomic E-state index is 13.8. The van der Waals surface area contributed by atoms with Crippen molar-refractivity contribution in [1.29, 1.82) is 0 Å². The number of allylic oxidation sites excluding steroid dienone is 3. The highest BCUT2D eigenvalue weighted by molar-refractivity contribution is 7.61. The molecule has 2 unspecified atom stereocenters. The molecular weight excluding hydrogens is 940 g/mol. The monoisotopic (exact) mass is 1020 g/mol. The molecule has 0 saturated heterocycles. The Morgan fingerprint density at radius 2 is 1.57 bits per heavy atom. The van der Waals surface area contributed by atoms with Crippen molar-refractivity contribution in [3.05, 3.63) is 59.2 Å². The number of cyclic esters (lactones) is 1. The van der Waals surface area contributed by atoms with E-state index < -0.39 is 107 Å². The fraction of sp³-hybridized carbons (Fsp3) is 0.723. The number of ketones is 1. The van der Waals surface area contributed by atoms with E-state index in [4.69, 9.17) is 29.0 Å². The maximum Gasteiger partial charge on any atom is 0.481 e. The molecule has 2 aliphatic rings. The van der Waals surface area contributed by atoms with E-state index in [1.807, 2.05) is 6.92 Å². The minimum atomic E-state index is -5.67. The highest BCUT2D eigenvalue weighted by atomic mass is 31.3. The first kappa shape index (κ1) is 59.9. The Labute approximate surface area is 405 Å². The molecule has 69 heavy (non-hydrogen) atoms. The SMILES string of the molecule is CCCCC[C@H](O)C=C[C@H]1C(=O)/C=C\[C@@H]2C/C=C\CCCC(=O)OC[C@@H](OC(=O)CCCCCCCCCCCC(C)C)COP(=O)(O)OP(=O)(O)OC[C@@H](O[C@H]2n2ccc(N)nc2=O)[C@@H](O)[C@H]1O. The second-order valence-electron chi connectivity index (χ2n) is 18.1. The first-order valence-electron chi connectivity index (χ1n) is 24.4. The molecule has 0 amide bonds. The first-order valence-corrected chi connectivity index (χ1v) is 27.4. The number of aliphatic hydroxyl groups is 3. The molecule has 7 N–H and O–H groups in total. The predicted molar refractivity (Wildman–Crippen MR) is 256 cm³/mol. The molecule has 0 fully saturated rings. The number of carbonyl (C=O) groups excluding carboxylic acids is 3. The topological polar surface area (TPSA) is 303 Å². The van der Waals surface area contributed by atoms with E-state index in [-0.39, 0.29) is 25.1 Å². The number of fused-ring (bicyclic) bond motifs is 3. The van der Waals surface area contributed by atoms with Crippen LogP contribution in [0.3, 0.4) is 0 Å². The van der Waals surface area contributed by atoms with Crippen molar-refractivity contribution < 1.29 is 76.2 Å². The van der Waals surface area contributed by atoms with Gasteiger partial charge >= 0.3 is 33.3 Å². The number of rotatable bonds is 20. The molecular formula is C47H77N3O17P2. The second kappa shape index (κ2) is 31.8. The lowest BCUT2D eigenvalue weighted by molar-refractivity contribution is -0.167. The van der Waals surface area contributed by atoms with Crippen molar-refractivity contribution in [3.63, 3.8) is 0 Å².